The molecule has 3 aromatic rings. The smallest absolute Gasteiger partial charge is 0.354 e. The molecule has 1 heterocycles. The molecule has 0 amide bonds. The summed E-state index contributed by atoms with van der Waals surface area (Å²) in [6, 6.07) is 11.9. The number of esters is 1. The van der Waals surface area contributed by atoms with Crippen LogP contribution in [0.3, 0.4) is 0 Å². The second kappa shape index (κ2) is 4.64. The Balaban J connectivity index is 2.11. The van der Waals surface area contributed by atoms with Crippen molar-refractivity contribution in [3.63, 3.8) is 0 Å². The number of fused-ring (bicyclic) bond motifs is 5. The largest absolute Gasteiger partial charge is 0.464 e. The number of hydrogen-bond donors (Lipinski definition) is 1. The summed E-state index contributed by atoms with van der Waals surface area (Å²) in [5, 5.41) is 0.373. The number of ether oxygens (including phenoxy) is 1. The number of aromatic nitrogens is 1. The van der Waals surface area contributed by atoms with Crippen LogP contribution in [0.1, 0.15) is 26.4 Å². The zero-order chi connectivity index (χ0) is 16.1. The van der Waals surface area contributed by atoms with E-state index in [9.17, 15) is 14.4 Å². The maximum atomic E-state index is 12.7. The van der Waals surface area contributed by atoms with Crippen LogP contribution in [0.25, 0.3) is 22.0 Å². The third-order valence-electron chi connectivity index (χ3n) is 4.10. The summed E-state index contributed by atoms with van der Waals surface area (Å²) in [6.45, 7) is 0. The lowest BCUT2D eigenvalue weighted by Gasteiger charge is -2.07. The number of methoxy groups -OCH3 is 1. The fraction of sp³-hybridized carbons (Fsp3) is 0.0556. The van der Waals surface area contributed by atoms with Crippen molar-refractivity contribution in [2.45, 2.75) is 0 Å². The fourth-order valence-corrected chi connectivity index (χ4v) is 3.05. The van der Waals surface area contributed by atoms with Gasteiger partial charge >= 0.3 is 5.97 Å². The minimum atomic E-state index is -0.649. The number of rotatable bonds is 1. The molecule has 1 aromatic heterocycles. The van der Waals surface area contributed by atoms with Gasteiger partial charge in [-0.2, -0.15) is 0 Å². The lowest BCUT2D eigenvalue weighted by Crippen LogP contribution is -2.13. The van der Waals surface area contributed by atoms with Crippen LogP contribution in [0.4, 0.5) is 0 Å². The molecule has 0 atom stereocenters. The van der Waals surface area contributed by atoms with Crippen LogP contribution in [-0.4, -0.2) is 23.8 Å². The van der Waals surface area contributed by atoms with E-state index < -0.39 is 5.97 Å². The van der Waals surface area contributed by atoms with Crippen molar-refractivity contribution in [2.24, 2.45) is 0 Å². The summed E-state index contributed by atoms with van der Waals surface area (Å²) in [5.74, 6) is -0.802. The van der Waals surface area contributed by atoms with E-state index in [1.54, 1.807) is 24.3 Å². The zero-order valence-electron chi connectivity index (χ0n) is 12.2. The van der Waals surface area contributed by atoms with Crippen LogP contribution in [-0.2, 0) is 4.74 Å². The highest BCUT2D eigenvalue weighted by atomic mass is 16.5. The standard InChI is InChI=1S/C18H11NO4/c1-23-18(22)13-8-14(20)12-7-6-10-9-4-2-3-5-11(9)17(21)15(10)16(12)19-13/h2-8H,1H3,(H,19,20). The Bertz CT molecular complexity index is 1060. The zero-order valence-corrected chi connectivity index (χ0v) is 12.2. The summed E-state index contributed by atoms with van der Waals surface area (Å²) in [6.07, 6.45) is 0. The molecule has 23 heavy (non-hydrogen) atoms. The first kappa shape index (κ1) is 13.5. The van der Waals surface area contributed by atoms with Crippen LogP contribution in [0.2, 0.25) is 0 Å². The van der Waals surface area contributed by atoms with Crippen LogP contribution < -0.4 is 5.43 Å². The van der Waals surface area contributed by atoms with Gasteiger partial charge in [-0.05, 0) is 17.2 Å². The summed E-state index contributed by atoms with van der Waals surface area (Å²) in [5.41, 5.74) is 2.69. The average Bonchev–Trinajstić information content (AvgIpc) is 2.87. The molecule has 0 saturated heterocycles. The number of benzene rings is 2. The molecule has 4 rings (SSSR count). The molecule has 0 radical (unpaired) electrons. The maximum absolute atomic E-state index is 12.7. The number of carbonyl (C=O) groups excluding carboxylic acids is 2. The van der Waals surface area contributed by atoms with Gasteiger partial charge in [-0.1, -0.05) is 30.3 Å². The molecular weight excluding hydrogens is 294 g/mol. The first-order chi connectivity index (χ1) is 11.1. The molecule has 0 aliphatic heterocycles. The summed E-state index contributed by atoms with van der Waals surface area (Å²) >= 11 is 0. The molecule has 0 unspecified atom stereocenters. The van der Waals surface area contributed by atoms with Gasteiger partial charge in [0.1, 0.15) is 5.69 Å². The highest BCUT2D eigenvalue weighted by Crippen LogP contribution is 2.39. The van der Waals surface area contributed by atoms with E-state index in [2.05, 4.69) is 9.72 Å². The first-order valence-electron chi connectivity index (χ1n) is 7.04. The van der Waals surface area contributed by atoms with Crippen molar-refractivity contribution in [2.75, 3.05) is 7.11 Å². The van der Waals surface area contributed by atoms with Gasteiger partial charge in [0.15, 0.2) is 11.2 Å². The average molecular weight is 305 g/mol. The predicted octanol–water partition coefficient (Wildman–Crippen LogP) is 2.53. The molecule has 1 aliphatic rings. The number of pyridine rings is 1. The van der Waals surface area contributed by atoms with Crippen molar-refractivity contribution >= 4 is 22.7 Å². The molecule has 5 heteroatoms. The number of aromatic amines is 1. The third kappa shape index (κ3) is 1.76. The van der Waals surface area contributed by atoms with Gasteiger partial charge in [0, 0.05) is 17.0 Å². The fourth-order valence-electron chi connectivity index (χ4n) is 3.05. The molecular formula is C18H11NO4. The van der Waals surface area contributed by atoms with Crippen LogP contribution in [0.15, 0.2) is 47.3 Å². The van der Waals surface area contributed by atoms with E-state index >= 15 is 0 Å². The molecule has 0 bridgehead atoms. The van der Waals surface area contributed by atoms with Crippen molar-refractivity contribution in [1.29, 1.82) is 0 Å². The second-order valence-corrected chi connectivity index (χ2v) is 5.32. The minimum Gasteiger partial charge on any atom is -0.464 e. The second-order valence-electron chi connectivity index (χ2n) is 5.32. The molecule has 0 saturated carbocycles. The van der Waals surface area contributed by atoms with Crippen molar-refractivity contribution < 1.29 is 14.3 Å². The molecule has 0 fully saturated rings. The Morgan fingerprint density at radius 2 is 1.74 bits per heavy atom. The van der Waals surface area contributed by atoms with E-state index in [4.69, 9.17) is 0 Å². The van der Waals surface area contributed by atoms with E-state index in [0.29, 0.717) is 22.0 Å². The van der Waals surface area contributed by atoms with Crippen LogP contribution in [0.5, 0.6) is 0 Å². The number of H-pyrrole nitrogens is 1. The SMILES string of the molecule is COC(=O)c1cc(=O)c2ccc3c(c2[nH]1)C(=O)c1ccccc1-3. The van der Waals surface area contributed by atoms with E-state index in [1.165, 1.54) is 13.2 Å². The molecule has 5 nitrogen and oxygen atoms in total. The predicted molar refractivity (Wildman–Crippen MR) is 84.8 cm³/mol. The normalized spacial score (nSPS) is 12.1. The summed E-state index contributed by atoms with van der Waals surface area (Å²) in [7, 11) is 1.24. The Morgan fingerprint density at radius 1 is 1.00 bits per heavy atom. The third-order valence-corrected chi connectivity index (χ3v) is 4.10. The Hall–Kier alpha value is -3.21. The lowest BCUT2D eigenvalue weighted by molar-refractivity contribution is 0.0594. The maximum Gasteiger partial charge on any atom is 0.354 e. The number of nitrogens with one attached hydrogen (secondary N) is 1. The van der Waals surface area contributed by atoms with Gasteiger partial charge in [0.2, 0.25) is 0 Å². The van der Waals surface area contributed by atoms with Crippen LogP contribution in [0, 0.1) is 0 Å². The monoisotopic (exact) mass is 305 g/mol. The Labute approximate surface area is 130 Å². The minimum absolute atomic E-state index is 0.0298. The quantitative estimate of drug-likeness (QED) is 0.548. The summed E-state index contributed by atoms with van der Waals surface area (Å²) < 4.78 is 4.65. The number of hydrogen-bond acceptors (Lipinski definition) is 4. The summed E-state index contributed by atoms with van der Waals surface area (Å²) in [4.78, 5) is 39.6. The van der Waals surface area contributed by atoms with Crippen molar-refractivity contribution in [3.8, 4) is 11.1 Å². The molecule has 0 spiro atoms. The van der Waals surface area contributed by atoms with Gasteiger partial charge in [-0.15, -0.1) is 0 Å². The number of ketones is 1. The lowest BCUT2D eigenvalue weighted by atomic mass is 10.0. The molecule has 2 aromatic carbocycles. The van der Waals surface area contributed by atoms with Crippen molar-refractivity contribution in [1.82, 2.24) is 4.98 Å². The number of carbonyl (C=O) groups is 2. The molecule has 112 valence electrons. The Kier molecular flexibility index (Phi) is 2.72. The molecule has 1 aliphatic carbocycles. The van der Waals surface area contributed by atoms with E-state index in [1.807, 2.05) is 12.1 Å². The van der Waals surface area contributed by atoms with Gasteiger partial charge < -0.3 is 9.72 Å². The van der Waals surface area contributed by atoms with Gasteiger partial charge in [0.05, 0.1) is 18.2 Å². The topological polar surface area (TPSA) is 76.2 Å². The van der Waals surface area contributed by atoms with Crippen molar-refractivity contribution in [3.05, 3.63) is 69.5 Å². The van der Waals surface area contributed by atoms with Gasteiger partial charge in [0.25, 0.3) is 0 Å². The highest BCUT2D eigenvalue weighted by Gasteiger charge is 2.29. The molecule has 1 N–H and O–H groups in total. The van der Waals surface area contributed by atoms with Gasteiger partial charge in [-0.3, -0.25) is 9.59 Å². The van der Waals surface area contributed by atoms with Gasteiger partial charge in [-0.25, -0.2) is 4.79 Å². The highest BCUT2D eigenvalue weighted by molar-refractivity contribution is 6.26. The first-order valence-corrected chi connectivity index (χ1v) is 7.04. The van der Waals surface area contributed by atoms with E-state index in [-0.39, 0.29) is 16.9 Å². The van der Waals surface area contributed by atoms with Crippen LogP contribution >= 0.6 is 0 Å². The Morgan fingerprint density at radius 3 is 2.48 bits per heavy atom. The van der Waals surface area contributed by atoms with E-state index in [0.717, 1.165) is 11.1 Å².